The molecule has 31 heavy (non-hydrogen) atoms. The van der Waals surface area contributed by atoms with E-state index in [2.05, 4.69) is 5.32 Å². The summed E-state index contributed by atoms with van der Waals surface area (Å²) < 4.78 is 12.5. The van der Waals surface area contributed by atoms with Crippen molar-refractivity contribution < 1.29 is 14.3 Å². The lowest BCUT2D eigenvalue weighted by Crippen LogP contribution is -2.13. The van der Waals surface area contributed by atoms with Crippen LogP contribution in [0.25, 0.3) is 10.6 Å². The molecule has 0 saturated carbocycles. The Labute approximate surface area is 185 Å². The molecule has 2 aromatic carbocycles. The van der Waals surface area contributed by atoms with E-state index in [1.54, 1.807) is 42.5 Å². The van der Waals surface area contributed by atoms with Crippen LogP contribution in [0.1, 0.15) is 21.5 Å². The topological polar surface area (TPSA) is 65.4 Å². The number of nitrogens with zero attached hydrogens (tertiary/aromatic N) is 2. The van der Waals surface area contributed by atoms with Crippen LogP contribution in [-0.4, -0.2) is 29.9 Å². The molecule has 158 valence electrons. The first-order valence-corrected chi connectivity index (χ1v) is 10.7. The summed E-state index contributed by atoms with van der Waals surface area (Å²) in [5.74, 6) is 0.952. The van der Waals surface area contributed by atoms with E-state index in [-0.39, 0.29) is 5.91 Å². The Morgan fingerprint density at radius 1 is 1.06 bits per heavy atom. The van der Waals surface area contributed by atoms with Gasteiger partial charge in [0.2, 0.25) is 0 Å². The van der Waals surface area contributed by atoms with Gasteiger partial charge in [-0.05, 0) is 35.6 Å². The molecule has 2 aromatic heterocycles. The number of aromatic nitrogens is 2. The standard InChI is InChI=1S/C24H23N3O3S/c1-16-12-20(29-2)21(30-3)13-19(16)25-24(28)18-15-27(14-17-8-5-4-6-9-17)26-23(18)22-10-7-11-31-22/h4-13,15H,14H2,1-3H3,(H,25,28). The zero-order valence-corrected chi connectivity index (χ0v) is 18.4. The minimum absolute atomic E-state index is 0.224. The average Bonchev–Trinajstić information content (AvgIpc) is 3.45. The number of methoxy groups -OCH3 is 2. The van der Waals surface area contributed by atoms with Crippen molar-refractivity contribution in [2.24, 2.45) is 0 Å². The molecule has 0 aliphatic rings. The molecule has 0 bridgehead atoms. The zero-order chi connectivity index (χ0) is 21.8. The zero-order valence-electron chi connectivity index (χ0n) is 17.6. The largest absolute Gasteiger partial charge is 0.493 e. The Hall–Kier alpha value is -3.58. The number of carbonyl (C=O) groups excluding carboxylic acids is 1. The quantitative estimate of drug-likeness (QED) is 0.433. The van der Waals surface area contributed by atoms with E-state index in [1.165, 1.54) is 0 Å². The SMILES string of the molecule is COc1cc(C)c(NC(=O)c2cn(Cc3ccccc3)nc2-c2cccs2)cc1OC. The number of amides is 1. The summed E-state index contributed by atoms with van der Waals surface area (Å²) >= 11 is 1.56. The van der Waals surface area contributed by atoms with E-state index in [0.717, 1.165) is 16.0 Å². The second-order valence-electron chi connectivity index (χ2n) is 7.03. The molecule has 0 aliphatic carbocycles. The molecule has 0 unspecified atom stereocenters. The van der Waals surface area contributed by atoms with Gasteiger partial charge in [-0.3, -0.25) is 9.48 Å². The number of anilines is 1. The number of hydrogen-bond donors (Lipinski definition) is 1. The van der Waals surface area contributed by atoms with Crippen LogP contribution in [0, 0.1) is 6.92 Å². The molecule has 0 fully saturated rings. The van der Waals surface area contributed by atoms with Crippen LogP contribution in [0.5, 0.6) is 11.5 Å². The molecular weight excluding hydrogens is 410 g/mol. The molecule has 0 radical (unpaired) electrons. The third kappa shape index (κ3) is 4.46. The van der Waals surface area contributed by atoms with Crippen molar-refractivity contribution in [2.45, 2.75) is 13.5 Å². The lowest BCUT2D eigenvalue weighted by molar-refractivity contribution is 0.102. The summed E-state index contributed by atoms with van der Waals surface area (Å²) in [4.78, 5) is 14.2. The van der Waals surface area contributed by atoms with Gasteiger partial charge in [0.25, 0.3) is 5.91 Å². The minimum atomic E-state index is -0.224. The normalized spacial score (nSPS) is 10.7. The van der Waals surface area contributed by atoms with Crippen LogP contribution in [0.15, 0.2) is 66.2 Å². The summed E-state index contributed by atoms with van der Waals surface area (Å²) in [6.45, 7) is 2.50. The van der Waals surface area contributed by atoms with Crippen molar-refractivity contribution in [3.8, 4) is 22.1 Å². The fourth-order valence-electron chi connectivity index (χ4n) is 3.34. The summed E-state index contributed by atoms with van der Waals surface area (Å²) in [5.41, 5.74) is 3.84. The Bertz CT molecular complexity index is 1180. The molecule has 0 spiro atoms. The van der Waals surface area contributed by atoms with Gasteiger partial charge in [0.1, 0.15) is 5.69 Å². The van der Waals surface area contributed by atoms with Gasteiger partial charge in [0.05, 0.1) is 31.2 Å². The lowest BCUT2D eigenvalue weighted by Gasteiger charge is -2.13. The average molecular weight is 434 g/mol. The fraction of sp³-hybridized carbons (Fsp3) is 0.167. The van der Waals surface area contributed by atoms with E-state index < -0.39 is 0 Å². The molecule has 4 rings (SSSR count). The minimum Gasteiger partial charge on any atom is -0.493 e. The third-order valence-electron chi connectivity index (χ3n) is 4.93. The van der Waals surface area contributed by atoms with Crippen LogP contribution in [0.3, 0.4) is 0 Å². The van der Waals surface area contributed by atoms with Crippen molar-refractivity contribution in [3.05, 3.63) is 82.9 Å². The number of carbonyl (C=O) groups is 1. The van der Waals surface area contributed by atoms with Crippen LogP contribution in [-0.2, 0) is 6.54 Å². The van der Waals surface area contributed by atoms with Gasteiger partial charge in [0, 0.05) is 18.0 Å². The van der Waals surface area contributed by atoms with Gasteiger partial charge in [0.15, 0.2) is 11.5 Å². The maximum atomic E-state index is 13.3. The van der Waals surface area contributed by atoms with Crippen molar-refractivity contribution in [1.29, 1.82) is 0 Å². The molecule has 4 aromatic rings. The highest BCUT2D eigenvalue weighted by atomic mass is 32.1. The Morgan fingerprint density at radius 2 is 1.81 bits per heavy atom. The van der Waals surface area contributed by atoms with E-state index in [4.69, 9.17) is 14.6 Å². The van der Waals surface area contributed by atoms with Gasteiger partial charge < -0.3 is 14.8 Å². The summed E-state index contributed by atoms with van der Waals surface area (Å²) in [7, 11) is 3.16. The number of ether oxygens (including phenoxy) is 2. The number of benzene rings is 2. The molecule has 2 heterocycles. The third-order valence-corrected chi connectivity index (χ3v) is 5.80. The predicted octanol–water partition coefficient (Wildman–Crippen LogP) is 5.24. The van der Waals surface area contributed by atoms with E-state index in [9.17, 15) is 4.79 Å². The van der Waals surface area contributed by atoms with Gasteiger partial charge in [-0.1, -0.05) is 36.4 Å². The van der Waals surface area contributed by atoms with Gasteiger partial charge in [-0.15, -0.1) is 11.3 Å². The summed E-state index contributed by atoms with van der Waals surface area (Å²) in [6, 6.07) is 17.6. The second kappa shape index (κ2) is 9.06. The Morgan fingerprint density at radius 3 is 2.48 bits per heavy atom. The summed E-state index contributed by atoms with van der Waals surface area (Å²) in [6.07, 6.45) is 1.80. The molecule has 6 nitrogen and oxygen atoms in total. The predicted molar refractivity (Wildman–Crippen MR) is 123 cm³/mol. The van der Waals surface area contributed by atoms with Crippen LogP contribution in [0.4, 0.5) is 5.69 Å². The van der Waals surface area contributed by atoms with E-state index >= 15 is 0 Å². The fourth-order valence-corrected chi connectivity index (χ4v) is 4.06. The Balaban J connectivity index is 1.67. The molecule has 1 amide bonds. The molecule has 0 aliphatic heterocycles. The highest BCUT2D eigenvalue weighted by molar-refractivity contribution is 7.13. The highest BCUT2D eigenvalue weighted by Crippen LogP contribution is 2.34. The summed E-state index contributed by atoms with van der Waals surface area (Å²) in [5, 5.41) is 9.70. The number of rotatable bonds is 7. The van der Waals surface area contributed by atoms with Crippen molar-refractivity contribution in [1.82, 2.24) is 9.78 Å². The molecular formula is C24H23N3O3S. The van der Waals surface area contributed by atoms with Gasteiger partial charge in [-0.25, -0.2) is 0 Å². The van der Waals surface area contributed by atoms with Gasteiger partial charge >= 0.3 is 0 Å². The first-order chi connectivity index (χ1) is 15.1. The first kappa shape index (κ1) is 20.7. The number of nitrogens with one attached hydrogen (secondary N) is 1. The van der Waals surface area contributed by atoms with E-state index in [0.29, 0.717) is 35.0 Å². The molecule has 1 N–H and O–H groups in total. The van der Waals surface area contributed by atoms with Crippen molar-refractivity contribution in [3.63, 3.8) is 0 Å². The highest BCUT2D eigenvalue weighted by Gasteiger charge is 2.20. The van der Waals surface area contributed by atoms with Crippen molar-refractivity contribution in [2.75, 3.05) is 19.5 Å². The molecule has 0 atom stereocenters. The number of thiophene rings is 1. The van der Waals surface area contributed by atoms with E-state index in [1.807, 2.05) is 60.8 Å². The number of hydrogen-bond acceptors (Lipinski definition) is 5. The molecule has 0 saturated heterocycles. The number of aryl methyl sites for hydroxylation is 1. The second-order valence-corrected chi connectivity index (χ2v) is 7.98. The monoisotopic (exact) mass is 433 g/mol. The maximum absolute atomic E-state index is 13.3. The van der Waals surface area contributed by atoms with Crippen LogP contribution in [0.2, 0.25) is 0 Å². The molecule has 7 heteroatoms. The first-order valence-electron chi connectivity index (χ1n) is 9.78. The van der Waals surface area contributed by atoms with Crippen molar-refractivity contribution >= 4 is 22.9 Å². The lowest BCUT2D eigenvalue weighted by atomic mass is 10.1. The van der Waals surface area contributed by atoms with Crippen LogP contribution < -0.4 is 14.8 Å². The Kier molecular flexibility index (Phi) is 6.04. The smallest absolute Gasteiger partial charge is 0.259 e. The van der Waals surface area contributed by atoms with Gasteiger partial charge in [-0.2, -0.15) is 5.10 Å². The van der Waals surface area contributed by atoms with Crippen LogP contribution >= 0.6 is 11.3 Å². The maximum Gasteiger partial charge on any atom is 0.259 e.